The van der Waals surface area contributed by atoms with E-state index in [0.717, 1.165) is 18.0 Å². The molecule has 0 N–H and O–H groups in total. The van der Waals surface area contributed by atoms with E-state index in [4.69, 9.17) is 11.6 Å². The van der Waals surface area contributed by atoms with E-state index < -0.39 is 0 Å². The zero-order chi connectivity index (χ0) is 18.8. The van der Waals surface area contributed by atoms with E-state index in [9.17, 15) is 0 Å². The number of anilines is 1. The molecule has 0 aliphatic rings. The second kappa shape index (κ2) is 11.2. The molecule has 2 heteroatoms. The molecule has 2 aromatic carbocycles. The molecular weight excluding hydrogens is 326 g/mol. The van der Waals surface area contributed by atoms with E-state index in [2.05, 4.69) is 69.1 Å². The highest BCUT2D eigenvalue weighted by Crippen LogP contribution is 2.34. The van der Waals surface area contributed by atoms with Crippen molar-refractivity contribution in [1.82, 2.24) is 0 Å². The lowest BCUT2D eigenvalue weighted by molar-refractivity contribution is 0.735. The first-order valence-corrected chi connectivity index (χ1v) is 10.1. The third-order valence-corrected chi connectivity index (χ3v) is 4.84. The van der Waals surface area contributed by atoms with Crippen LogP contribution in [-0.4, -0.2) is 13.6 Å². The predicted molar refractivity (Wildman–Crippen MR) is 115 cm³/mol. The summed E-state index contributed by atoms with van der Waals surface area (Å²) in [5.74, 6) is 0.531. The summed E-state index contributed by atoms with van der Waals surface area (Å²) in [4.78, 5) is 2.33. The highest BCUT2D eigenvalue weighted by atomic mass is 35.5. The van der Waals surface area contributed by atoms with Gasteiger partial charge in [0.15, 0.2) is 0 Å². The SMILES string of the molecule is CC.CCCCN(C)c1cccc(-c2cc(Cl)ccc2C(C)CC)c1. The van der Waals surface area contributed by atoms with Gasteiger partial charge in [-0.3, -0.25) is 0 Å². The number of nitrogens with zero attached hydrogens (tertiary/aromatic N) is 1. The molecule has 0 radical (unpaired) electrons. The minimum absolute atomic E-state index is 0.531. The van der Waals surface area contributed by atoms with Crippen molar-refractivity contribution in [1.29, 1.82) is 0 Å². The predicted octanol–water partition coefficient (Wildman–Crippen LogP) is 7.78. The third-order valence-electron chi connectivity index (χ3n) is 4.60. The zero-order valence-corrected chi connectivity index (χ0v) is 17.5. The van der Waals surface area contributed by atoms with Crippen molar-refractivity contribution in [3.05, 3.63) is 53.1 Å². The normalized spacial score (nSPS) is 11.5. The van der Waals surface area contributed by atoms with E-state index in [1.54, 1.807) is 0 Å². The van der Waals surface area contributed by atoms with Crippen LogP contribution < -0.4 is 4.90 Å². The minimum atomic E-state index is 0.531. The lowest BCUT2D eigenvalue weighted by Gasteiger charge is -2.21. The zero-order valence-electron chi connectivity index (χ0n) is 16.8. The molecule has 1 atom stereocenters. The Morgan fingerprint density at radius 1 is 1.04 bits per heavy atom. The Morgan fingerprint density at radius 2 is 1.76 bits per heavy atom. The van der Waals surface area contributed by atoms with Crippen LogP contribution in [0.5, 0.6) is 0 Å². The number of hydrogen-bond acceptors (Lipinski definition) is 1. The Hall–Kier alpha value is -1.47. The van der Waals surface area contributed by atoms with Crippen LogP contribution in [0, 0.1) is 0 Å². The monoisotopic (exact) mass is 359 g/mol. The molecule has 1 nitrogen and oxygen atoms in total. The largest absolute Gasteiger partial charge is 0.375 e. The fourth-order valence-electron chi connectivity index (χ4n) is 2.86. The molecule has 0 saturated heterocycles. The quantitative estimate of drug-likeness (QED) is 0.487. The summed E-state index contributed by atoms with van der Waals surface area (Å²) in [5, 5.41) is 0.803. The molecular formula is C23H34ClN. The maximum atomic E-state index is 6.28. The smallest absolute Gasteiger partial charge is 0.0412 e. The van der Waals surface area contributed by atoms with Gasteiger partial charge in [-0.15, -0.1) is 0 Å². The summed E-state index contributed by atoms with van der Waals surface area (Å²) in [6.45, 7) is 11.8. The van der Waals surface area contributed by atoms with Crippen LogP contribution >= 0.6 is 11.6 Å². The number of hydrogen-bond donors (Lipinski definition) is 0. The van der Waals surface area contributed by atoms with Gasteiger partial charge in [-0.05, 0) is 59.7 Å². The first kappa shape index (κ1) is 21.6. The molecule has 0 heterocycles. The molecule has 2 aromatic rings. The van der Waals surface area contributed by atoms with Gasteiger partial charge in [-0.2, -0.15) is 0 Å². The molecule has 0 aromatic heterocycles. The Kier molecular flexibility index (Phi) is 9.67. The molecule has 0 aliphatic heterocycles. The van der Waals surface area contributed by atoms with Crippen molar-refractivity contribution < 1.29 is 0 Å². The second-order valence-corrected chi connectivity index (χ2v) is 6.80. The molecule has 0 saturated carbocycles. The van der Waals surface area contributed by atoms with Gasteiger partial charge >= 0.3 is 0 Å². The van der Waals surface area contributed by atoms with Crippen molar-refractivity contribution in [3.8, 4) is 11.1 Å². The molecule has 0 bridgehead atoms. The van der Waals surface area contributed by atoms with Crippen molar-refractivity contribution in [3.63, 3.8) is 0 Å². The summed E-state index contributed by atoms with van der Waals surface area (Å²) in [6.07, 6.45) is 3.57. The molecule has 138 valence electrons. The third kappa shape index (κ3) is 6.08. The van der Waals surface area contributed by atoms with Crippen LogP contribution in [0.1, 0.15) is 65.4 Å². The van der Waals surface area contributed by atoms with E-state index in [1.165, 1.54) is 35.2 Å². The van der Waals surface area contributed by atoms with Gasteiger partial charge in [0.05, 0.1) is 0 Å². The van der Waals surface area contributed by atoms with Gasteiger partial charge in [-0.1, -0.05) is 70.8 Å². The number of benzene rings is 2. The summed E-state index contributed by atoms with van der Waals surface area (Å²) < 4.78 is 0. The van der Waals surface area contributed by atoms with E-state index in [-0.39, 0.29) is 0 Å². The minimum Gasteiger partial charge on any atom is -0.375 e. The first-order valence-electron chi connectivity index (χ1n) is 9.67. The van der Waals surface area contributed by atoms with Gasteiger partial charge in [0, 0.05) is 24.3 Å². The Labute approximate surface area is 160 Å². The Bertz CT molecular complexity index is 636. The van der Waals surface area contributed by atoms with Gasteiger partial charge in [0.2, 0.25) is 0 Å². The fourth-order valence-corrected chi connectivity index (χ4v) is 3.04. The highest BCUT2D eigenvalue weighted by Gasteiger charge is 2.12. The molecule has 25 heavy (non-hydrogen) atoms. The van der Waals surface area contributed by atoms with Crippen molar-refractivity contribution in [2.75, 3.05) is 18.5 Å². The summed E-state index contributed by atoms with van der Waals surface area (Å²) in [7, 11) is 2.17. The topological polar surface area (TPSA) is 3.24 Å². The van der Waals surface area contributed by atoms with E-state index >= 15 is 0 Å². The highest BCUT2D eigenvalue weighted by molar-refractivity contribution is 6.30. The number of unbranched alkanes of at least 4 members (excludes halogenated alkanes) is 1. The van der Waals surface area contributed by atoms with Gasteiger partial charge in [-0.25, -0.2) is 0 Å². The molecule has 1 unspecified atom stereocenters. The first-order chi connectivity index (χ1) is 12.1. The second-order valence-electron chi connectivity index (χ2n) is 6.37. The number of rotatable bonds is 7. The van der Waals surface area contributed by atoms with E-state index in [0.29, 0.717) is 5.92 Å². The molecule has 0 aliphatic carbocycles. The fraction of sp³-hybridized carbons (Fsp3) is 0.478. The standard InChI is InChI=1S/C21H28ClN.C2H6/c1-5-7-13-23(4)19-10-8-9-17(14-19)21-15-18(22)11-12-20(21)16(3)6-2;1-2/h8-12,14-16H,5-7,13H2,1-4H3;1-2H3. The summed E-state index contributed by atoms with van der Waals surface area (Å²) >= 11 is 6.28. The molecule has 2 rings (SSSR count). The van der Waals surface area contributed by atoms with Crippen LogP contribution in [-0.2, 0) is 0 Å². The molecule has 0 fully saturated rings. The van der Waals surface area contributed by atoms with Gasteiger partial charge < -0.3 is 4.90 Å². The van der Waals surface area contributed by atoms with E-state index in [1.807, 2.05) is 19.9 Å². The Morgan fingerprint density at radius 3 is 2.40 bits per heavy atom. The molecule has 0 amide bonds. The van der Waals surface area contributed by atoms with Crippen LogP contribution in [0.25, 0.3) is 11.1 Å². The Balaban J connectivity index is 0.00000151. The average Bonchev–Trinajstić information content (AvgIpc) is 2.67. The van der Waals surface area contributed by atoms with Gasteiger partial charge in [0.1, 0.15) is 0 Å². The van der Waals surface area contributed by atoms with Crippen LogP contribution in [0.3, 0.4) is 0 Å². The van der Waals surface area contributed by atoms with Crippen LogP contribution in [0.4, 0.5) is 5.69 Å². The van der Waals surface area contributed by atoms with Gasteiger partial charge in [0.25, 0.3) is 0 Å². The maximum Gasteiger partial charge on any atom is 0.0412 e. The van der Waals surface area contributed by atoms with Crippen LogP contribution in [0.2, 0.25) is 5.02 Å². The van der Waals surface area contributed by atoms with Crippen molar-refractivity contribution in [2.45, 2.75) is 59.8 Å². The average molecular weight is 360 g/mol. The molecule has 0 spiro atoms. The van der Waals surface area contributed by atoms with Crippen molar-refractivity contribution in [2.24, 2.45) is 0 Å². The summed E-state index contributed by atoms with van der Waals surface area (Å²) in [6, 6.07) is 15.1. The maximum absolute atomic E-state index is 6.28. The van der Waals surface area contributed by atoms with Crippen molar-refractivity contribution >= 4 is 17.3 Å². The summed E-state index contributed by atoms with van der Waals surface area (Å²) in [5.41, 5.74) is 5.16. The number of halogens is 1. The lowest BCUT2D eigenvalue weighted by Crippen LogP contribution is -2.18. The lowest BCUT2D eigenvalue weighted by atomic mass is 9.90. The van der Waals surface area contributed by atoms with Crippen LogP contribution in [0.15, 0.2) is 42.5 Å².